The SMILES string of the molecule is CCNCc1nc(C(C)C)ncc1N(C)C(C)CCSC. The number of rotatable bonds is 9. The lowest BCUT2D eigenvalue weighted by Gasteiger charge is -2.28. The number of nitrogens with zero attached hydrogens (tertiary/aromatic N) is 3. The predicted octanol–water partition coefficient (Wildman–Crippen LogP) is 3.29. The lowest BCUT2D eigenvalue weighted by molar-refractivity contribution is 0.643. The molecular formula is C16H30N4S. The van der Waals surface area contributed by atoms with Crippen molar-refractivity contribution >= 4 is 17.4 Å². The molecule has 0 fully saturated rings. The van der Waals surface area contributed by atoms with Gasteiger partial charge in [-0.1, -0.05) is 20.8 Å². The summed E-state index contributed by atoms with van der Waals surface area (Å²) in [6.07, 6.45) is 5.32. The van der Waals surface area contributed by atoms with E-state index in [1.807, 2.05) is 18.0 Å². The topological polar surface area (TPSA) is 41.1 Å². The molecule has 0 aliphatic heterocycles. The highest BCUT2D eigenvalue weighted by Crippen LogP contribution is 2.22. The summed E-state index contributed by atoms with van der Waals surface area (Å²) in [4.78, 5) is 11.6. The van der Waals surface area contributed by atoms with Gasteiger partial charge < -0.3 is 10.2 Å². The van der Waals surface area contributed by atoms with Gasteiger partial charge in [0.2, 0.25) is 0 Å². The molecule has 0 amide bonds. The molecule has 0 aliphatic carbocycles. The van der Waals surface area contributed by atoms with E-state index in [2.05, 4.69) is 56.2 Å². The summed E-state index contributed by atoms with van der Waals surface area (Å²) in [5, 5.41) is 3.39. The molecule has 0 bridgehead atoms. The highest BCUT2D eigenvalue weighted by molar-refractivity contribution is 7.98. The van der Waals surface area contributed by atoms with Gasteiger partial charge in [0.15, 0.2) is 0 Å². The third-order valence-electron chi connectivity index (χ3n) is 3.70. The molecular weight excluding hydrogens is 280 g/mol. The van der Waals surface area contributed by atoms with E-state index in [0.29, 0.717) is 12.0 Å². The van der Waals surface area contributed by atoms with Gasteiger partial charge in [-0.25, -0.2) is 9.97 Å². The Bertz CT molecular complexity index is 423. The maximum atomic E-state index is 4.77. The van der Waals surface area contributed by atoms with Crippen LogP contribution in [0.2, 0.25) is 0 Å². The third-order valence-corrected chi connectivity index (χ3v) is 4.35. The molecule has 4 nitrogen and oxygen atoms in total. The smallest absolute Gasteiger partial charge is 0.131 e. The van der Waals surface area contributed by atoms with Crippen molar-refractivity contribution in [2.24, 2.45) is 0 Å². The average molecular weight is 311 g/mol. The summed E-state index contributed by atoms with van der Waals surface area (Å²) in [7, 11) is 2.15. The van der Waals surface area contributed by atoms with E-state index in [4.69, 9.17) is 4.98 Å². The van der Waals surface area contributed by atoms with Crippen LogP contribution in [0, 0.1) is 0 Å². The van der Waals surface area contributed by atoms with Crippen molar-refractivity contribution in [3.63, 3.8) is 0 Å². The van der Waals surface area contributed by atoms with Crippen LogP contribution in [0.1, 0.15) is 51.6 Å². The molecule has 21 heavy (non-hydrogen) atoms. The number of anilines is 1. The minimum absolute atomic E-state index is 0.360. The maximum absolute atomic E-state index is 4.77. The van der Waals surface area contributed by atoms with E-state index in [0.717, 1.165) is 30.3 Å². The van der Waals surface area contributed by atoms with Crippen molar-refractivity contribution in [3.05, 3.63) is 17.7 Å². The standard InChI is InChI=1S/C16H30N4S/c1-7-17-10-14-15(11-18-16(19-14)12(2)3)20(5)13(4)8-9-21-6/h11-13,17H,7-10H2,1-6H3. The summed E-state index contributed by atoms with van der Waals surface area (Å²) in [5.74, 6) is 2.47. The normalized spacial score (nSPS) is 12.7. The highest BCUT2D eigenvalue weighted by atomic mass is 32.2. The Morgan fingerprint density at radius 2 is 2.05 bits per heavy atom. The van der Waals surface area contributed by atoms with E-state index in [1.165, 1.54) is 12.2 Å². The molecule has 120 valence electrons. The Hall–Kier alpha value is -0.810. The van der Waals surface area contributed by atoms with Crippen molar-refractivity contribution in [2.75, 3.05) is 30.5 Å². The minimum Gasteiger partial charge on any atom is -0.369 e. The third kappa shape index (κ3) is 5.47. The number of hydrogen-bond donors (Lipinski definition) is 1. The Morgan fingerprint density at radius 1 is 1.33 bits per heavy atom. The molecule has 0 aromatic carbocycles. The Balaban J connectivity index is 2.97. The van der Waals surface area contributed by atoms with Gasteiger partial charge in [-0.3, -0.25) is 0 Å². The quantitative estimate of drug-likeness (QED) is 0.758. The molecule has 1 aromatic rings. The van der Waals surface area contributed by atoms with Crippen molar-refractivity contribution in [3.8, 4) is 0 Å². The Kier molecular flexibility index (Phi) is 8.04. The monoisotopic (exact) mass is 310 g/mol. The molecule has 0 radical (unpaired) electrons. The fourth-order valence-electron chi connectivity index (χ4n) is 2.09. The van der Waals surface area contributed by atoms with Crippen LogP contribution < -0.4 is 10.2 Å². The molecule has 1 rings (SSSR count). The molecule has 0 aliphatic rings. The van der Waals surface area contributed by atoms with Crippen LogP contribution in [0.15, 0.2) is 6.20 Å². The van der Waals surface area contributed by atoms with Crippen molar-refractivity contribution in [1.82, 2.24) is 15.3 Å². The molecule has 1 N–H and O–H groups in total. The van der Waals surface area contributed by atoms with E-state index < -0.39 is 0 Å². The second kappa shape index (κ2) is 9.26. The summed E-state index contributed by atoms with van der Waals surface area (Å²) >= 11 is 1.90. The van der Waals surface area contributed by atoms with Gasteiger partial charge in [0.05, 0.1) is 17.6 Å². The maximum Gasteiger partial charge on any atom is 0.131 e. The van der Waals surface area contributed by atoms with Gasteiger partial charge in [0.25, 0.3) is 0 Å². The van der Waals surface area contributed by atoms with E-state index in [-0.39, 0.29) is 0 Å². The fraction of sp³-hybridized carbons (Fsp3) is 0.750. The number of aromatic nitrogens is 2. The molecule has 0 saturated carbocycles. The van der Waals surface area contributed by atoms with Crippen molar-refractivity contribution < 1.29 is 0 Å². The van der Waals surface area contributed by atoms with E-state index in [9.17, 15) is 0 Å². The van der Waals surface area contributed by atoms with Crippen molar-refractivity contribution in [1.29, 1.82) is 0 Å². The van der Waals surface area contributed by atoms with Crippen LogP contribution >= 0.6 is 11.8 Å². The zero-order valence-corrected chi connectivity index (χ0v) is 15.1. The van der Waals surface area contributed by atoms with Crippen LogP contribution in [0.25, 0.3) is 0 Å². The zero-order valence-electron chi connectivity index (χ0n) is 14.3. The fourth-order valence-corrected chi connectivity index (χ4v) is 2.67. The van der Waals surface area contributed by atoms with Crippen LogP contribution in [0.5, 0.6) is 0 Å². The average Bonchev–Trinajstić information content (AvgIpc) is 2.49. The molecule has 1 unspecified atom stereocenters. The predicted molar refractivity (Wildman–Crippen MR) is 94.4 cm³/mol. The molecule has 0 spiro atoms. The number of nitrogens with one attached hydrogen (secondary N) is 1. The highest BCUT2D eigenvalue weighted by Gasteiger charge is 2.16. The Labute approximate surface area is 134 Å². The number of thioether (sulfide) groups is 1. The number of hydrogen-bond acceptors (Lipinski definition) is 5. The first-order valence-corrected chi connectivity index (χ1v) is 9.18. The molecule has 5 heteroatoms. The van der Waals surface area contributed by atoms with Gasteiger partial charge >= 0.3 is 0 Å². The summed E-state index contributed by atoms with van der Waals surface area (Å²) < 4.78 is 0. The van der Waals surface area contributed by atoms with E-state index in [1.54, 1.807) is 0 Å². The van der Waals surface area contributed by atoms with Crippen LogP contribution in [-0.4, -0.2) is 41.6 Å². The first-order chi connectivity index (χ1) is 10.0. The van der Waals surface area contributed by atoms with Gasteiger partial charge in [-0.05, 0) is 31.9 Å². The van der Waals surface area contributed by atoms with Crippen LogP contribution in [0.4, 0.5) is 5.69 Å². The van der Waals surface area contributed by atoms with Crippen LogP contribution in [-0.2, 0) is 6.54 Å². The van der Waals surface area contributed by atoms with Crippen LogP contribution in [0.3, 0.4) is 0 Å². The molecule has 1 aromatic heterocycles. The Morgan fingerprint density at radius 3 is 2.62 bits per heavy atom. The lowest BCUT2D eigenvalue weighted by Crippen LogP contribution is -2.31. The first kappa shape index (κ1) is 18.2. The van der Waals surface area contributed by atoms with Gasteiger partial charge in [-0.2, -0.15) is 11.8 Å². The zero-order chi connectivity index (χ0) is 15.8. The van der Waals surface area contributed by atoms with Gasteiger partial charge in [0.1, 0.15) is 5.82 Å². The van der Waals surface area contributed by atoms with Crippen molar-refractivity contribution in [2.45, 2.75) is 52.6 Å². The van der Waals surface area contributed by atoms with E-state index >= 15 is 0 Å². The second-order valence-electron chi connectivity index (χ2n) is 5.74. The molecule has 1 atom stereocenters. The van der Waals surface area contributed by atoms with Gasteiger partial charge in [-0.15, -0.1) is 0 Å². The van der Waals surface area contributed by atoms with Gasteiger partial charge in [0, 0.05) is 25.6 Å². The summed E-state index contributed by atoms with van der Waals surface area (Å²) in [6, 6.07) is 0.492. The largest absolute Gasteiger partial charge is 0.369 e. The minimum atomic E-state index is 0.360. The molecule has 1 heterocycles. The first-order valence-electron chi connectivity index (χ1n) is 7.79. The molecule has 0 saturated heterocycles. The lowest BCUT2D eigenvalue weighted by atomic mass is 10.1. The second-order valence-corrected chi connectivity index (χ2v) is 6.72. The summed E-state index contributed by atoms with van der Waals surface area (Å²) in [6.45, 7) is 10.4. The summed E-state index contributed by atoms with van der Waals surface area (Å²) in [5.41, 5.74) is 2.25.